The van der Waals surface area contributed by atoms with Gasteiger partial charge in [-0.15, -0.1) is 0 Å². The second-order valence-corrected chi connectivity index (χ2v) is 3.94. The lowest BCUT2D eigenvalue weighted by Crippen LogP contribution is -1.97. The van der Waals surface area contributed by atoms with Crippen molar-refractivity contribution in [2.45, 2.75) is 6.67 Å². The molecule has 2 aromatic rings. The highest BCUT2D eigenvalue weighted by Crippen LogP contribution is 2.11. The summed E-state index contributed by atoms with van der Waals surface area (Å²) in [6, 6.07) is 10.4. The smallest absolute Gasteiger partial charge is 0.156 e. The predicted molar refractivity (Wildman–Crippen MR) is 71.5 cm³/mol. The molecule has 2 rings (SSSR count). The number of alkyl halides is 1. The number of nitrogens with one attached hydrogen (secondary N) is 1. The Hall–Kier alpha value is -1.94. The van der Waals surface area contributed by atoms with E-state index in [1.807, 2.05) is 0 Å². The second kappa shape index (κ2) is 6.12. The third kappa shape index (κ3) is 3.28. The molecule has 92 valence electrons. The first kappa shape index (κ1) is 12.5. The largest absolute Gasteiger partial charge is 0.277 e. The van der Waals surface area contributed by atoms with E-state index in [1.54, 1.807) is 48.8 Å². The zero-order valence-electron chi connectivity index (χ0n) is 9.48. The SMILES string of the molecule is FCc1ccc(N/N=C(\Cl)c2ccncc2)cc1. The van der Waals surface area contributed by atoms with Gasteiger partial charge < -0.3 is 0 Å². The third-order valence-electron chi connectivity index (χ3n) is 2.31. The average Bonchev–Trinajstić information content (AvgIpc) is 2.46. The molecule has 5 heteroatoms. The van der Waals surface area contributed by atoms with Crippen LogP contribution in [0.3, 0.4) is 0 Å². The van der Waals surface area contributed by atoms with E-state index < -0.39 is 6.67 Å². The first-order chi connectivity index (χ1) is 8.79. The quantitative estimate of drug-likeness (QED) is 0.676. The molecule has 0 bridgehead atoms. The van der Waals surface area contributed by atoms with Crippen LogP contribution in [0, 0.1) is 0 Å². The van der Waals surface area contributed by atoms with Gasteiger partial charge in [0.05, 0.1) is 5.69 Å². The summed E-state index contributed by atoms with van der Waals surface area (Å²) in [7, 11) is 0. The van der Waals surface area contributed by atoms with Crippen LogP contribution in [-0.2, 0) is 6.67 Å². The molecule has 0 aliphatic heterocycles. The molecule has 0 aliphatic carbocycles. The highest BCUT2D eigenvalue weighted by Gasteiger charge is 1.98. The van der Waals surface area contributed by atoms with Gasteiger partial charge in [0.25, 0.3) is 0 Å². The summed E-state index contributed by atoms with van der Waals surface area (Å²) in [5.41, 5.74) is 4.96. The number of hydrogen-bond acceptors (Lipinski definition) is 3. The number of pyridine rings is 1. The molecular weight excluding hydrogens is 253 g/mol. The van der Waals surface area contributed by atoms with E-state index in [9.17, 15) is 4.39 Å². The van der Waals surface area contributed by atoms with Crippen LogP contribution in [0.25, 0.3) is 0 Å². The van der Waals surface area contributed by atoms with Gasteiger partial charge in [0.2, 0.25) is 0 Å². The Morgan fingerprint density at radius 1 is 1.17 bits per heavy atom. The van der Waals surface area contributed by atoms with Crippen LogP contribution in [-0.4, -0.2) is 10.2 Å². The minimum atomic E-state index is -0.471. The summed E-state index contributed by atoms with van der Waals surface area (Å²) in [6.45, 7) is -0.471. The molecule has 1 aromatic heterocycles. The molecule has 0 saturated carbocycles. The number of benzene rings is 1. The Morgan fingerprint density at radius 2 is 1.83 bits per heavy atom. The Bertz CT molecular complexity index is 526. The molecule has 0 radical (unpaired) electrons. The molecule has 0 fully saturated rings. The number of anilines is 1. The fraction of sp³-hybridized carbons (Fsp3) is 0.0769. The van der Waals surface area contributed by atoms with E-state index in [0.717, 1.165) is 11.3 Å². The minimum absolute atomic E-state index is 0.340. The van der Waals surface area contributed by atoms with E-state index in [0.29, 0.717) is 10.7 Å². The lowest BCUT2D eigenvalue weighted by Gasteiger charge is -2.02. The maximum atomic E-state index is 12.3. The zero-order valence-corrected chi connectivity index (χ0v) is 10.2. The molecule has 0 amide bonds. The Balaban J connectivity index is 2.05. The number of hydrazone groups is 1. The monoisotopic (exact) mass is 263 g/mol. The highest BCUT2D eigenvalue weighted by atomic mass is 35.5. The number of halogens is 2. The van der Waals surface area contributed by atoms with Crippen LogP contribution >= 0.6 is 11.6 Å². The van der Waals surface area contributed by atoms with Crippen molar-refractivity contribution in [1.82, 2.24) is 4.98 Å². The third-order valence-corrected chi connectivity index (χ3v) is 2.61. The van der Waals surface area contributed by atoms with Crippen molar-refractivity contribution in [3.63, 3.8) is 0 Å². The van der Waals surface area contributed by atoms with Gasteiger partial charge in [0.1, 0.15) is 6.67 Å². The molecule has 0 aliphatic rings. The van der Waals surface area contributed by atoms with Crippen molar-refractivity contribution < 1.29 is 4.39 Å². The van der Waals surface area contributed by atoms with Gasteiger partial charge in [-0.2, -0.15) is 5.10 Å². The Morgan fingerprint density at radius 3 is 2.44 bits per heavy atom. The van der Waals surface area contributed by atoms with E-state index in [1.165, 1.54) is 0 Å². The van der Waals surface area contributed by atoms with Gasteiger partial charge in [0, 0.05) is 18.0 Å². The normalized spacial score (nSPS) is 11.3. The average molecular weight is 264 g/mol. The molecule has 1 N–H and O–H groups in total. The van der Waals surface area contributed by atoms with E-state index in [2.05, 4.69) is 15.5 Å². The van der Waals surface area contributed by atoms with E-state index in [-0.39, 0.29) is 0 Å². The van der Waals surface area contributed by atoms with Crippen molar-refractivity contribution >= 4 is 22.5 Å². The van der Waals surface area contributed by atoms with E-state index in [4.69, 9.17) is 11.6 Å². The summed E-state index contributed by atoms with van der Waals surface area (Å²) >= 11 is 6.01. The second-order valence-electron chi connectivity index (χ2n) is 3.58. The van der Waals surface area contributed by atoms with Gasteiger partial charge in [0.15, 0.2) is 5.17 Å². The van der Waals surface area contributed by atoms with Crippen molar-refractivity contribution in [2.75, 3.05) is 5.43 Å². The topological polar surface area (TPSA) is 37.3 Å². The van der Waals surface area contributed by atoms with Crippen molar-refractivity contribution in [3.05, 3.63) is 59.9 Å². The van der Waals surface area contributed by atoms with Gasteiger partial charge in [-0.1, -0.05) is 23.7 Å². The number of aromatic nitrogens is 1. The molecule has 18 heavy (non-hydrogen) atoms. The zero-order chi connectivity index (χ0) is 12.8. The van der Waals surface area contributed by atoms with Gasteiger partial charge >= 0.3 is 0 Å². The van der Waals surface area contributed by atoms with Crippen molar-refractivity contribution in [3.8, 4) is 0 Å². The summed E-state index contributed by atoms with van der Waals surface area (Å²) in [6.07, 6.45) is 3.28. The molecule has 0 spiro atoms. The highest BCUT2D eigenvalue weighted by molar-refractivity contribution is 6.69. The molecule has 0 unspecified atom stereocenters. The maximum Gasteiger partial charge on any atom is 0.156 e. The van der Waals surface area contributed by atoms with Crippen LogP contribution in [0.4, 0.5) is 10.1 Å². The Labute approximate surface area is 109 Å². The molecule has 0 atom stereocenters. The first-order valence-electron chi connectivity index (χ1n) is 5.34. The number of hydrogen-bond donors (Lipinski definition) is 1. The van der Waals surface area contributed by atoms with E-state index >= 15 is 0 Å². The Kier molecular flexibility index (Phi) is 4.25. The fourth-order valence-corrected chi connectivity index (χ4v) is 1.50. The van der Waals surface area contributed by atoms with Crippen molar-refractivity contribution in [1.29, 1.82) is 0 Å². The molecule has 1 heterocycles. The summed E-state index contributed by atoms with van der Waals surface area (Å²) < 4.78 is 12.3. The summed E-state index contributed by atoms with van der Waals surface area (Å²) in [5.74, 6) is 0. The number of rotatable bonds is 4. The molecule has 3 nitrogen and oxygen atoms in total. The van der Waals surface area contributed by atoms with Crippen LogP contribution in [0.2, 0.25) is 0 Å². The minimum Gasteiger partial charge on any atom is -0.277 e. The first-order valence-corrected chi connectivity index (χ1v) is 5.72. The van der Waals surface area contributed by atoms with Crippen molar-refractivity contribution in [2.24, 2.45) is 5.10 Å². The summed E-state index contributed by atoms with van der Waals surface area (Å²) in [4.78, 5) is 3.90. The van der Waals surface area contributed by atoms with Crippen LogP contribution in [0.1, 0.15) is 11.1 Å². The molecule has 0 saturated heterocycles. The van der Waals surface area contributed by atoms with Gasteiger partial charge in [-0.25, -0.2) is 4.39 Å². The number of nitrogens with zero attached hydrogens (tertiary/aromatic N) is 2. The standard InChI is InChI=1S/C13H11ClFN3/c14-13(11-5-7-16-8-6-11)18-17-12-3-1-10(9-15)2-4-12/h1-8,17H,9H2/b18-13-. The van der Waals surface area contributed by atoms with Crippen LogP contribution < -0.4 is 5.43 Å². The molecular formula is C13H11ClFN3. The van der Waals surface area contributed by atoms with Gasteiger partial charge in [-0.3, -0.25) is 10.4 Å². The lowest BCUT2D eigenvalue weighted by molar-refractivity contribution is 0.485. The van der Waals surface area contributed by atoms with Gasteiger partial charge in [-0.05, 0) is 29.8 Å². The summed E-state index contributed by atoms with van der Waals surface area (Å²) in [5, 5.41) is 4.37. The fourth-order valence-electron chi connectivity index (χ4n) is 1.34. The predicted octanol–water partition coefficient (Wildman–Crippen LogP) is 3.56. The lowest BCUT2D eigenvalue weighted by atomic mass is 10.2. The molecule has 1 aromatic carbocycles. The van der Waals surface area contributed by atoms with Crippen LogP contribution in [0.15, 0.2) is 53.9 Å². The van der Waals surface area contributed by atoms with Crippen LogP contribution in [0.5, 0.6) is 0 Å². The maximum absolute atomic E-state index is 12.3.